The summed E-state index contributed by atoms with van der Waals surface area (Å²) in [6.45, 7) is 2.44. The van der Waals surface area contributed by atoms with E-state index in [1.54, 1.807) is 11.4 Å². The molecule has 1 saturated heterocycles. The molecule has 13 heavy (non-hydrogen) atoms. The summed E-state index contributed by atoms with van der Waals surface area (Å²) in [7, 11) is -1.47. The van der Waals surface area contributed by atoms with Crippen molar-refractivity contribution in [1.82, 2.24) is 4.31 Å². The van der Waals surface area contributed by atoms with Crippen LogP contribution in [0.3, 0.4) is 0 Å². The Labute approximate surface area is 79.9 Å². The Balaban J connectivity index is 2.77. The van der Waals surface area contributed by atoms with Crippen molar-refractivity contribution in [2.45, 2.75) is 31.8 Å². The van der Waals surface area contributed by atoms with Gasteiger partial charge in [-0.3, -0.25) is 0 Å². The van der Waals surface area contributed by atoms with E-state index in [2.05, 4.69) is 0 Å². The summed E-state index contributed by atoms with van der Waals surface area (Å²) < 4.78 is 29.4. The van der Waals surface area contributed by atoms with Crippen LogP contribution in [-0.2, 0) is 14.8 Å². The monoisotopic (exact) mass is 207 g/mol. The van der Waals surface area contributed by atoms with Crippen LogP contribution in [0, 0.1) is 0 Å². The third kappa shape index (κ3) is 2.42. The van der Waals surface area contributed by atoms with E-state index in [1.807, 2.05) is 6.92 Å². The maximum atomic E-state index is 11.4. The van der Waals surface area contributed by atoms with Gasteiger partial charge in [-0.15, -0.1) is 0 Å². The lowest BCUT2D eigenvalue weighted by Crippen LogP contribution is -2.41. The number of hydrogen-bond donors (Lipinski definition) is 0. The normalized spacial score (nSPS) is 31.0. The van der Waals surface area contributed by atoms with Crippen molar-refractivity contribution >= 4 is 10.0 Å². The van der Waals surface area contributed by atoms with Crippen molar-refractivity contribution in [3.8, 4) is 0 Å². The van der Waals surface area contributed by atoms with Crippen molar-refractivity contribution in [2.24, 2.45) is 0 Å². The molecule has 1 rings (SSSR count). The zero-order valence-electron chi connectivity index (χ0n) is 8.36. The van der Waals surface area contributed by atoms with E-state index in [1.165, 1.54) is 6.26 Å². The van der Waals surface area contributed by atoms with Gasteiger partial charge < -0.3 is 4.74 Å². The maximum Gasteiger partial charge on any atom is 0.211 e. The van der Waals surface area contributed by atoms with Gasteiger partial charge in [-0.25, -0.2) is 8.42 Å². The van der Waals surface area contributed by atoms with Gasteiger partial charge in [-0.2, -0.15) is 4.31 Å². The van der Waals surface area contributed by atoms with Crippen molar-refractivity contribution in [1.29, 1.82) is 0 Å². The van der Waals surface area contributed by atoms with E-state index in [0.717, 1.165) is 12.8 Å². The van der Waals surface area contributed by atoms with Gasteiger partial charge in [0.25, 0.3) is 0 Å². The predicted molar refractivity (Wildman–Crippen MR) is 51.0 cm³/mol. The fourth-order valence-corrected chi connectivity index (χ4v) is 3.46. The summed E-state index contributed by atoms with van der Waals surface area (Å²) in [6, 6.07) is 0.158. The molecule has 0 N–H and O–H groups in total. The molecule has 0 radical (unpaired) electrons. The largest absolute Gasteiger partial charge is 0.383 e. The molecule has 0 aromatic rings. The molecule has 0 aliphatic carbocycles. The van der Waals surface area contributed by atoms with Gasteiger partial charge in [0.1, 0.15) is 0 Å². The Morgan fingerprint density at radius 2 is 2.08 bits per heavy atom. The molecule has 0 saturated carbocycles. The highest BCUT2D eigenvalue weighted by molar-refractivity contribution is 7.88. The first-order valence-electron chi connectivity index (χ1n) is 4.44. The van der Waals surface area contributed by atoms with Crippen LogP contribution in [0.1, 0.15) is 19.8 Å². The van der Waals surface area contributed by atoms with Crippen LogP contribution in [0.15, 0.2) is 0 Å². The van der Waals surface area contributed by atoms with Gasteiger partial charge in [0.15, 0.2) is 0 Å². The van der Waals surface area contributed by atoms with Crippen molar-refractivity contribution in [2.75, 3.05) is 20.0 Å². The number of rotatable bonds is 3. The lowest BCUT2D eigenvalue weighted by atomic mass is 10.2. The first-order chi connectivity index (χ1) is 5.96. The van der Waals surface area contributed by atoms with Crippen molar-refractivity contribution in [3.63, 3.8) is 0 Å². The number of ether oxygens (including phenoxy) is 1. The summed E-state index contributed by atoms with van der Waals surface area (Å²) in [5.41, 5.74) is 0. The molecule has 1 aliphatic rings. The fraction of sp³-hybridized carbons (Fsp3) is 1.00. The summed E-state index contributed by atoms with van der Waals surface area (Å²) >= 11 is 0. The van der Waals surface area contributed by atoms with Crippen LogP contribution in [-0.4, -0.2) is 44.8 Å². The van der Waals surface area contributed by atoms with Gasteiger partial charge in [-0.1, -0.05) is 0 Å². The van der Waals surface area contributed by atoms with Crippen molar-refractivity contribution in [3.05, 3.63) is 0 Å². The molecule has 4 nitrogen and oxygen atoms in total. The number of sulfonamides is 1. The molecule has 0 aromatic carbocycles. The highest BCUT2D eigenvalue weighted by Crippen LogP contribution is 2.26. The zero-order chi connectivity index (χ0) is 10.1. The maximum absolute atomic E-state index is 11.4. The number of methoxy groups -OCH3 is 1. The standard InChI is InChI=1S/C8H17NO3S/c1-7-4-5-8(6-12-2)9(7)13(3,10)11/h7-8H,4-6H2,1-3H3. The summed E-state index contributed by atoms with van der Waals surface area (Å²) in [6.07, 6.45) is 3.10. The highest BCUT2D eigenvalue weighted by Gasteiger charge is 2.36. The molecule has 1 fully saturated rings. The second-order valence-corrected chi connectivity index (χ2v) is 5.52. The van der Waals surface area contributed by atoms with Gasteiger partial charge in [-0.05, 0) is 19.8 Å². The van der Waals surface area contributed by atoms with Crippen LogP contribution < -0.4 is 0 Å². The average Bonchev–Trinajstić information content (AvgIpc) is 2.31. The minimum absolute atomic E-state index is 0.0370. The minimum Gasteiger partial charge on any atom is -0.383 e. The Hall–Kier alpha value is -0.130. The van der Waals surface area contributed by atoms with E-state index in [0.29, 0.717) is 6.61 Å². The van der Waals surface area contributed by atoms with Crippen molar-refractivity contribution < 1.29 is 13.2 Å². The molecule has 2 atom stereocenters. The molecular weight excluding hydrogens is 190 g/mol. The van der Waals surface area contributed by atoms with Crippen LogP contribution in [0.5, 0.6) is 0 Å². The first-order valence-corrected chi connectivity index (χ1v) is 6.29. The van der Waals surface area contributed by atoms with Crippen LogP contribution in [0.4, 0.5) is 0 Å². The highest BCUT2D eigenvalue weighted by atomic mass is 32.2. The summed E-state index contributed by atoms with van der Waals surface area (Å²) in [5.74, 6) is 0. The van der Waals surface area contributed by atoms with E-state index >= 15 is 0 Å². The first kappa shape index (κ1) is 10.9. The lowest BCUT2D eigenvalue weighted by molar-refractivity contribution is 0.142. The molecule has 1 heterocycles. The fourth-order valence-electron chi connectivity index (χ4n) is 1.99. The Kier molecular flexibility index (Phi) is 3.32. The van der Waals surface area contributed by atoms with E-state index in [9.17, 15) is 8.42 Å². The number of hydrogen-bond acceptors (Lipinski definition) is 3. The molecule has 78 valence electrons. The molecule has 0 spiro atoms. The SMILES string of the molecule is COCC1CCC(C)N1S(C)(=O)=O. The zero-order valence-corrected chi connectivity index (χ0v) is 9.17. The molecule has 0 bridgehead atoms. The van der Waals surface area contributed by atoms with Crippen LogP contribution in [0.2, 0.25) is 0 Å². The van der Waals surface area contributed by atoms with Gasteiger partial charge in [0.05, 0.1) is 12.9 Å². The van der Waals surface area contributed by atoms with Crippen LogP contribution in [0.25, 0.3) is 0 Å². The average molecular weight is 207 g/mol. The van der Waals surface area contributed by atoms with Crippen LogP contribution >= 0.6 is 0 Å². The quantitative estimate of drug-likeness (QED) is 0.675. The molecule has 1 aliphatic heterocycles. The molecule has 0 amide bonds. The number of nitrogens with zero attached hydrogens (tertiary/aromatic N) is 1. The molecule has 2 unspecified atom stereocenters. The summed E-state index contributed by atoms with van der Waals surface area (Å²) in [4.78, 5) is 0. The van der Waals surface area contributed by atoms with E-state index < -0.39 is 10.0 Å². The smallest absolute Gasteiger partial charge is 0.211 e. The van der Waals surface area contributed by atoms with E-state index in [-0.39, 0.29) is 12.1 Å². The van der Waals surface area contributed by atoms with Gasteiger partial charge in [0.2, 0.25) is 10.0 Å². The minimum atomic E-state index is -3.07. The Morgan fingerprint density at radius 3 is 2.54 bits per heavy atom. The Morgan fingerprint density at radius 1 is 1.46 bits per heavy atom. The third-order valence-corrected chi connectivity index (χ3v) is 3.88. The van der Waals surface area contributed by atoms with Gasteiger partial charge in [0, 0.05) is 19.2 Å². The van der Waals surface area contributed by atoms with E-state index in [4.69, 9.17) is 4.74 Å². The molecule has 5 heteroatoms. The topological polar surface area (TPSA) is 46.6 Å². The lowest BCUT2D eigenvalue weighted by Gasteiger charge is -2.25. The second kappa shape index (κ2) is 3.94. The Bertz CT molecular complexity index is 261. The second-order valence-electron chi connectivity index (χ2n) is 3.63. The summed E-state index contributed by atoms with van der Waals surface area (Å²) in [5, 5.41) is 0. The molecular formula is C8H17NO3S. The van der Waals surface area contributed by atoms with Gasteiger partial charge >= 0.3 is 0 Å². The predicted octanol–water partition coefficient (Wildman–Crippen LogP) is 0.445. The third-order valence-electron chi connectivity index (χ3n) is 2.45. The molecule has 0 aromatic heterocycles.